The molecule has 0 atom stereocenters. The zero-order valence-corrected chi connectivity index (χ0v) is 30.6. The lowest BCUT2D eigenvalue weighted by molar-refractivity contribution is 0.661. The van der Waals surface area contributed by atoms with E-state index in [-0.39, 0.29) is 5.41 Å². The van der Waals surface area contributed by atoms with Crippen molar-refractivity contribution in [1.82, 2.24) is 0 Å². The maximum absolute atomic E-state index is 3.80. The molecule has 1 aliphatic rings. The highest BCUT2D eigenvalue weighted by atomic mass is 79.9. The van der Waals surface area contributed by atoms with E-state index in [1.54, 1.807) is 0 Å². The van der Waals surface area contributed by atoms with E-state index in [0.29, 0.717) is 0 Å². The molecule has 0 N–H and O–H groups in total. The highest BCUT2D eigenvalue weighted by Gasteiger charge is 2.37. The summed E-state index contributed by atoms with van der Waals surface area (Å²) in [5, 5.41) is 15.4. The molecule has 0 amide bonds. The van der Waals surface area contributed by atoms with Gasteiger partial charge in [-0.25, -0.2) is 0 Å². The molecule has 0 saturated carbocycles. The molecule has 0 unspecified atom stereocenters. The fourth-order valence-corrected chi connectivity index (χ4v) is 9.84. The third kappa shape index (κ3) is 4.09. The Labute approximate surface area is 311 Å². The molecular weight excluding hydrogens is 692 g/mol. The zero-order chi connectivity index (χ0) is 34.7. The van der Waals surface area contributed by atoms with Crippen LogP contribution in [0.3, 0.4) is 0 Å². The van der Waals surface area contributed by atoms with Gasteiger partial charge in [0.15, 0.2) is 0 Å². The molecule has 0 aliphatic heterocycles. The van der Waals surface area contributed by atoms with E-state index >= 15 is 0 Å². The summed E-state index contributed by atoms with van der Waals surface area (Å²) < 4.78 is 1.12. The molecule has 0 bridgehead atoms. The lowest BCUT2D eigenvalue weighted by Crippen LogP contribution is -2.15. The summed E-state index contributed by atoms with van der Waals surface area (Å²) in [7, 11) is 0. The summed E-state index contributed by atoms with van der Waals surface area (Å²) in [6, 6.07) is 61.5. The Morgan fingerprint density at radius 2 is 0.750 bits per heavy atom. The maximum Gasteiger partial charge on any atom is 0.0178 e. The maximum atomic E-state index is 3.80. The van der Waals surface area contributed by atoms with E-state index in [1.165, 1.54) is 109 Å². The van der Waals surface area contributed by atoms with E-state index in [4.69, 9.17) is 0 Å². The predicted molar refractivity (Wildman–Crippen MR) is 228 cm³/mol. The number of benzene rings is 10. The topological polar surface area (TPSA) is 0 Å². The van der Waals surface area contributed by atoms with Gasteiger partial charge in [0.2, 0.25) is 0 Å². The first-order chi connectivity index (χ1) is 25.5. The fourth-order valence-electron chi connectivity index (χ4n) is 9.48. The lowest BCUT2D eigenvalue weighted by Gasteiger charge is -2.25. The van der Waals surface area contributed by atoms with Gasteiger partial charge >= 0.3 is 0 Å². The fraction of sp³-hybridized carbons (Fsp3) is 0.0588. The van der Waals surface area contributed by atoms with Gasteiger partial charge in [-0.2, -0.15) is 0 Å². The van der Waals surface area contributed by atoms with Gasteiger partial charge in [-0.05, 0) is 146 Å². The smallest absolute Gasteiger partial charge is 0.0178 e. The van der Waals surface area contributed by atoms with Crippen LogP contribution in [0, 0.1) is 0 Å². The van der Waals surface area contributed by atoms with Crippen molar-refractivity contribution in [1.29, 1.82) is 0 Å². The van der Waals surface area contributed by atoms with Crippen LogP contribution in [-0.4, -0.2) is 0 Å². The van der Waals surface area contributed by atoms with Gasteiger partial charge in [0.25, 0.3) is 0 Å². The Morgan fingerprint density at radius 3 is 1.29 bits per heavy atom. The Hall–Kier alpha value is -5.76. The van der Waals surface area contributed by atoms with Crippen LogP contribution in [0.4, 0.5) is 0 Å². The van der Waals surface area contributed by atoms with Crippen LogP contribution in [0.5, 0.6) is 0 Å². The van der Waals surface area contributed by atoms with Gasteiger partial charge in [0.1, 0.15) is 0 Å². The van der Waals surface area contributed by atoms with Crippen molar-refractivity contribution in [3.05, 3.63) is 179 Å². The minimum atomic E-state index is -0.160. The monoisotopic (exact) mass is 724 g/mol. The summed E-state index contributed by atoms with van der Waals surface area (Å²) in [6.45, 7) is 4.78. The summed E-state index contributed by atoms with van der Waals surface area (Å²) in [5.74, 6) is 0. The van der Waals surface area contributed by atoms with E-state index < -0.39 is 0 Å². The standard InChI is InChI=1S/C51H33Br/c1-51(2)47-27-32(52)23-24-39(47)42-28-45-46(29-48(42)51)50(44-26-31-14-4-6-16-34(31)36-18-8-10-20-38(36)44)41-22-12-11-21-40(41)49(45)43-25-30-13-3-5-15-33(30)35-17-7-9-19-37(35)43/h3-29H,1-2H3. The molecule has 1 heteroatoms. The second-order valence-corrected chi connectivity index (χ2v) is 15.9. The zero-order valence-electron chi connectivity index (χ0n) is 29.0. The molecule has 10 aromatic rings. The van der Waals surface area contributed by atoms with Gasteiger partial charge in [0.05, 0.1) is 0 Å². The van der Waals surface area contributed by atoms with Gasteiger partial charge in [-0.3, -0.25) is 0 Å². The van der Waals surface area contributed by atoms with Crippen LogP contribution >= 0.6 is 15.9 Å². The number of hydrogen-bond acceptors (Lipinski definition) is 0. The summed E-state index contributed by atoms with van der Waals surface area (Å²) >= 11 is 3.80. The highest BCUT2D eigenvalue weighted by molar-refractivity contribution is 9.10. The van der Waals surface area contributed by atoms with Crippen LogP contribution in [0.25, 0.3) is 98.0 Å². The normalized spacial score (nSPS) is 13.4. The van der Waals surface area contributed by atoms with E-state index in [1.807, 2.05) is 0 Å². The molecule has 0 heterocycles. The molecule has 0 saturated heterocycles. The van der Waals surface area contributed by atoms with Crippen LogP contribution in [0.15, 0.2) is 168 Å². The minimum Gasteiger partial charge on any atom is -0.0616 e. The molecule has 0 fully saturated rings. The highest BCUT2D eigenvalue weighted by Crippen LogP contribution is 2.55. The molecule has 1 aliphatic carbocycles. The van der Waals surface area contributed by atoms with Crippen molar-refractivity contribution in [3.63, 3.8) is 0 Å². The number of fused-ring (bicyclic) bond motifs is 11. The van der Waals surface area contributed by atoms with E-state index in [0.717, 1.165) is 4.47 Å². The van der Waals surface area contributed by atoms with Crippen molar-refractivity contribution in [2.45, 2.75) is 19.3 Å². The first-order valence-electron chi connectivity index (χ1n) is 18.1. The Kier molecular flexibility index (Phi) is 6.26. The molecule has 0 radical (unpaired) electrons. The molecule has 244 valence electrons. The van der Waals surface area contributed by atoms with Gasteiger partial charge < -0.3 is 0 Å². The van der Waals surface area contributed by atoms with Crippen molar-refractivity contribution in [2.24, 2.45) is 0 Å². The quantitative estimate of drug-likeness (QED) is 0.123. The van der Waals surface area contributed by atoms with Gasteiger partial charge in [-0.1, -0.05) is 157 Å². The molecular formula is C51H33Br. The largest absolute Gasteiger partial charge is 0.0616 e. The Balaban J connectivity index is 1.39. The minimum absolute atomic E-state index is 0.160. The van der Waals surface area contributed by atoms with Crippen LogP contribution in [0.1, 0.15) is 25.0 Å². The molecule has 11 rings (SSSR count). The Morgan fingerprint density at radius 1 is 0.327 bits per heavy atom. The summed E-state index contributed by atoms with van der Waals surface area (Å²) in [4.78, 5) is 0. The van der Waals surface area contributed by atoms with Crippen LogP contribution in [0.2, 0.25) is 0 Å². The van der Waals surface area contributed by atoms with E-state index in [2.05, 4.69) is 194 Å². The third-order valence-corrected chi connectivity index (χ3v) is 12.3. The average Bonchev–Trinajstić information content (AvgIpc) is 3.40. The molecule has 0 aromatic heterocycles. The molecule has 0 nitrogen and oxygen atoms in total. The van der Waals surface area contributed by atoms with Crippen molar-refractivity contribution < 1.29 is 0 Å². The van der Waals surface area contributed by atoms with Crippen LogP contribution in [-0.2, 0) is 5.41 Å². The second kappa shape index (κ2) is 10.9. The van der Waals surface area contributed by atoms with Crippen molar-refractivity contribution >= 4 is 80.6 Å². The number of hydrogen-bond donors (Lipinski definition) is 0. The Bertz CT molecular complexity index is 3160. The summed E-state index contributed by atoms with van der Waals surface area (Å²) in [6.07, 6.45) is 0. The summed E-state index contributed by atoms with van der Waals surface area (Å²) in [5.41, 5.74) is 10.4. The van der Waals surface area contributed by atoms with Gasteiger partial charge in [0, 0.05) is 9.89 Å². The van der Waals surface area contributed by atoms with Crippen LogP contribution < -0.4 is 0 Å². The molecule has 10 aromatic carbocycles. The first-order valence-corrected chi connectivity index (χ1v) is 18.9. The predicted octanol–water partition coefficient (Wildman–Crippen LogP) is 15.0. The number of halogens is 1. The average molecular weight is 726 g/mol. The molecule has 0 spiro atoms. The lowest BCUT2D eigenvalue weighted by atomic mass is 9.78. The second-order valence-electron chi connectivity index (χ2n) is 14.9. The van der Waals surface area contributed by atoms with Gasteiger partial charge in [-0.15, -0.1) is 0 Å². The first kappa shape index (κ1) is 29.9. The third-order valence-electron chi connectivity index (χ3n) is 11.9. The van der Waals surface area contributed by atoms with Crippen molar-refractivity contribution in [2.75, 3.05) is 0 Å². The SMILES string of the molecule is CC1(C)c2cc(Br)ccc2-c2cc3c(-c4cc5ccccc5c5ccccc45)c4ccccc4c(-c4cc5ccccc5c5ccccc45)c3cc21. The number of rotatable bonds is 2. The molecule has 52 heavy (non-hydrogen) atoms. The van der Waals surface area contributed by atoms with E-state index in [9.17, 15) is 0 Å². The van der Waals surface area contributed by atoms with Crippen molar-refractivity contribution in [3.8, 4) is 33.4 Å².